The van der Waals surface area contributed by atoms with Crippen molar-refractivity contribution in [2.45, 2.75) is 27.2 Å². The summed E-state index contributed by atoms with van der Waals surface area (Å²) in [4.78, 5) is 0. The number of benzene rings is 2. The Balaban J connectivity index is 2.69. The molecular formula is C18H20. The summed E-state index contributed by atoms with van der Waals surface area (Å²) in [5.74, 6) is 0. The summed E-state index contributed by atoms with van der Waals surface area (Å²) in [6.45, 7) is 6.47. The van der Waals surface area contributed by atoms with Crippen LogP contribution in [0.3, 0.4) is 0 Å². The van der Waals surface area contributed by atoms with Crippen LogP contribution < -0.4 is 0 Å². The first kappa shape index (κ1) is 12.6. The zero-order valence-electron chi connectivity index (χ0n) is 11.4. The molecule has 0 amide bonds. The lowest BCUT2D eigenvalue weighted by Gasteiger charge is -2.14. The lowest BCUT2D eigenvalue weighted by Crippen LogP contribution is -1.92. The van der Waals surface area contributed by atoms with Crippen molar-refractivity contribution < 1.29 is 0 Å². The van der Waals surface area contributed by atoms with Gasteiger partial charge >= 0.3 is 0 Å². The van der Waals surface area contributed by atoms with Crippen LogP contribution in [0.1, 0.15) is 30.5 Å². The van der Waals surface area contributed by atoms with E-state index in [2.05, 4.69) is 75.4 Å². The smallest absolute Gasteiger partial charge is 0.00795 e. The van der Waals surface area contributed by atoms with E-state index in [0.717, 1.165) is 6.42 Å². The van der Waals surface area contributed by atoms with Crippen molar-refractivity contribution in [3.8, 4) is 11.1 Å². The number of rotatable bonds is 3. The molecule has 0 N–H and O–H groups in total. The van der Waals surface area contributed by atoms with E-state index in [-0.39, 0.29) is 0 Å². The second-order valence-corrected chi connectivity index (χ2v) is 4.55. The monoisotopic (exact) mass is 236 g/mol. The van der Waals surface area contributed by atoms with E-state index in [1.54, 1.807) is 0 Å². The third-order valence-electron chi connectivity index (χ3n) is 3.32. The van der Waals surface area contributed by atoms with E-state index in [1.807, 2.05) is 0 Å². The van der Waals surface area contributed by atoms with Crippen LogP contribution in [0, 0.1) is 6.92 Å². The lowest BCUT2D eigenvalue weighted by molar-refractivity contribution is 1.14. The molecule has 0 nitrogen and oxygen atoms in total. The van der Waals surface area contributed by atoms with Crippen LogP contribution in [0.4, 0.5) is 0 Å². The Bertz CT molecular complexity index is 562. The molecule has 0 heterocycles. The van der Waals surface area contributed by atoms with E-state index in [0.29, 0.717) is 0 Å². The van der Waals surface area contributed by atoms with E-state index in [1.165, 1.54) is 27.8 Å². The van der Waals surface area contributed by atoms with Crippen LogP contribution in [-0.4, -0.2) is 0 Å². The summed E-state index contributed by atoms with van der Waals surface area (Å²) in [6, 6.07) is 15.2. The normalized spacial score (nSPS) is 11.1. The van der Waals surface area contributed by atoms with Crippen molar-refractivity contribution in [1.29, 1.82) is 0 Å². The number of aryl methyl sites for hydroxylation is 2. The molecular weight excluding hydrogens is 216 g/mol. The molecule has 0 radical (unpaired) electrons. The van der Waals surface area contributed by atoms with Crippen molar-refractivity contribution in [3.05, 3.63) is 65.2 Å². The molecule has 92 valence electrons. The first-order valence-electron chi connectivity index (χ1n) is 6.58. The molecule has 0 bridgehead atoms. The van der Waals surface area contributed by atoms with Gasteiger partial charge in [0.05, 0.1) is 0 Å². The molecule has 0 saturated heterocycles. The quantitative estimate of drug-likeness (QED) is 0.682. The zero-order valence-corrected chi connectivity index (χ0v) is 11.4. The van der Waals surface area contributed by atoms with Crippen LogP contribution >= 0.6 is 0 Å². The van der Waals surface area contributed by atoms with Gasteiger partial charge in [0.1, 0.15) is 0 Å². The van der Waals surface area contributed by atoms with Crippen molar-refractivity contribution >= 4 is 6.08 Å². The van der Waals surface area contributed by atoms with Gasteiger partial charge in [0.25, 0.3) is 0 Å². The Morgan fingerprint density at radius 1 is 1.00 bits per heavy atom. The zero-order chi connectivity index (χ0) is 13.0. The maximum atomic E-state index is 2.23. The summed E-state index contributed by atoms with van der Waals surface area (Å²) >= 11 is 0. The van der Waals surface area contributed by atoms with Crippen LogP contribution in [-0.2, 0) is 6.42 Å². The summed E-state index contributed by atoms with van der Waals surface area (Å²) < 4.78 is 0. The summed E-state index contributed by atoms with van der Waals surface area (Å²) in [5, 5.41) is 0. The molecule has 0 fully saturated rings. The third-order valence-corrected chi connectivity index (χ3v) is 3.32. The van der Waals surface area contributed by atoms with Gasteiger partial charge in [0.15, 0.2) is 0 Å². The molecule has 0 aliphatic rings. The van der Waals surface area contributed by atoms with Gasteiger partial charge in [-0.1, -0.05) is 61.5 Å². The first-order valence-corrected chi connectivity index (χ1v) is 6.58. The molecule has 2 aromatic carbocycles. The lowest BCUT2D eigenvalue weighted by atomic mass is 9.91. The predicted octanol–water partition coefficient (Wildman–Crippen LogP) is 5.26. The highest BCUT2D eigenvalue weighted by molar-refractivity contribution is 5.79. The third kappa shape index (κ3) is 2.38. The minimum Gasteiger partial charge on any atom is -0.0870 e. The van der Waals surface area contributed by atoms with Gasteiger partial charge in [-0.05, 0) is 48.1 Å². The maximum absolute atomic E-state index is 2.23. The largest absolute Gasteiger partial charge is 0.0870 e. The van der Waals surface area contributed by atoms with Gasteiger partial charge in [-0.25, -0.2) is 0 Å². The Labute approximate surface area is 110 Å². The van der Waals surface area contributed by atoms with Crippen LogP contribution in [0.25, 0.3) is 17.2 Å². The molecule has 0 aromatic heterocycles. The van der Waals surface area contributed by atoms with Gasteiger partial charge < -0.3 is 0 Å². The van der Waals surface area contributed by atoms with Gasteiger partial charge in [0, 0.05) is 0 Å². The maximum Gasteiger partial charge on any atom is -0.00795 e. The second kappa shape index (κ2) is 5.68. The molecule has 0 spiro atoms. The number of hydrogen-bond acceptors (Lipinski definition) is 0. The molecule has 0 saturated carbocycles. The highest BCUT2D eigenvalue weighted by atomic mass is 14.1. The topological polar surface area (TPSA) is 0 Å². The number of allylic oxidation sites excluding steroid dienone is 1. The van der Waals surface area contributed by atoms with E-state index >= 15 is 0 Å². The van der Waals surface area contributed by atoms with Crippen LogP contribution in [0.2, 0.25) is 0 Å². The molecule has 18 heavy (non-hydrogen) atoms. The van der Waals surface area contributed by atoms with Gasteiger partial charge in [-0.15, -0.1) is 0 Å². The fourth-order valence-corrected chi connectivity index (χ4v) is 2.45. The molecule has 0 unspecified atom stereocenters. The fraction of sp³-hybridized carbons (Fsp3) is 0.222. The van der Waals surface area contributed by atoms with E-state index in [4.69, 9.17) is 0 Å². The van der Waals surface area contributed by atoms with Crippen molar-refractivity contribution in [1.82, 2.24) is 0 Å². The molecule has 0 aliphatic heterocycles. The van der Waals surface area contributed by atoms with Crippen LogP contribution in [0.5, 0.6) is 0 Å². The molecule has 0 aliphatic carbocycles. The fourth-order valence-electron chi connectivity index (χ4n) is 2.45. The first-order chi connectivity index (χ1) is 8.77. The van der Waals surface area contributed by atoms with Crippen molar-refractivity contribution in [2.24, 2.45) is 0 Å². The van der Waals surface area contributed by atoms with E-state index < -0.39 is 0 Å². The van der Waals surface area contributed by atoms with Gasteiger partial charge in [-0.2, -0.15) is 0 Å². The number of hydrogen-bond donors (Lipinski definition) is 0. The van der Waals surface area contributed by atoms with Gasteiger partial charge in [0.2, 0.25) is 0 Å². The Morgan fingerprint density at radius 2 is 1.78 bits per heavy atom. The molecule has 0 heteroatoms. The summed E-state index contributed by atoms with van der Waals surface area (Å²) in [6.07, 6.45) is 5.36. The standard InChI is InChI=1S/C18H20/c1-4-9-16-12-8-10-14(3)18(16)17-13-7-6-11-15(17)5-2/h4,6-13H,5H2,1-3H3. The minimum atomic E-state index is 1.07. The highest BCUT2D eigenvalue weighted by Crippen LogP contribution is 2.31. The predicted molar refractivity (Wildman–Crippen MR) is 80.7 cm³/mol. The Morgan fingerprint density at radius 3 is 2.50 bits per heavy atom. The average molecular weight is 236 g/mol. The highest BCUT2D eigenvalue weighted by Gasteiger charge is 2.09. The summed E-state index contributed by atoms with van der Waals surface area (Å²) in [7, 11) is 0. The summed E-state index contributed by atoms with van der Waals surface area (Å²) in [5.41, 5.74) is 6.79. The van der Waals surface area contributed by atoms with Gasteiger partial charge in [-0.3, -0.25) is 0 Å². The Kier molecular flexibility index (Phi) is 3.99. The van der Waals surface area contributed by atoms with Crippen molar-refractivity contribution in [2.75, 3.05) is 0 Å². The van der Waals surface area contributed by atoms with Crippen LogP contribution in [0.15, 0.2) is 48.5 Å². The molecule has 2 rings (SSSR count). The van der Waals surface area contributed by atoms with E-state index in [9.17, 15) is 0 Å². The molecule has 2 aromatic rings. The SMILES string of the molecule is CC=Cc1cccc(C)c1-c1ccccc1CC. The van der Waals surface area contributed by atoms with Crippen molar-refractivity contribution in [3.63, 3.8) is 0 Å². The second-order valence-electron chi connectivity index (χ2n) is 4.55. The molecule has 0 atom stereocenters. The Hall–Kier alpha value is -1.82. The minimum absolute atomic E-state index is 1.07. The average Bonchev–Trinajstić information content (AvgIpc) is 2.39.